The highest BCUT2D eigenvalue weighted by Gasteiger charge is 2.19. The molecule has 1 unspecified atom stereocenters. The van der Waals surface area contributed by atoms with Crippen LogP contribution < -0.4 is 0 Å². The molecule has 68 heavy (non-hydrogen) atoms. The van der Waals surface area contributed by atoms with E-state index in [-0.39, 0.29) is 37.5 Å². The highest BCUT2D eigenvalue weighted by atomic mass is 16.6. The first-order valence-corrected chi connectivity index (χ1v) is 26.6. The van der Waals surface area contributed by atoms with Gasteiger partial charge in [0.2, 0.25) is 0 Å². The van der Waals surface area contributed by atoms with Crippen LogP contribution in [0.4, 0.5) is 0 Å². The summed E-state index contributed by atoms with van der Waals surface area (Å²) in [5, 5.41) is 0. The summed E-state index contributed by atoms with van der Waals surface area (Å²) in [4.78, 5) is 38.1. The number of allylic oxidation sites excluding steroid dienone is 26. The molecule has 0 bridgehead atoms. The van der Waals surface area contributed by atoms with E-state index in [1.807, 2.05) is 60.8 Å². The minimum atomic E-state index is -0.836. The summed E-state index contributed by atoms with van der Waals surface area (Å²) in [6, 6.07) is 0. The van der Waals surface area contributed by atoms with Gasteiger partial charge in [0, 0.05) is 19.3 Å². The molecule has 0 amide bonds. The van der Waals surface area contributed by atoms with Gasteiger partial charge in [-0.25, -0.2) is 0 Å². The molecule has 0 aliphatic rings. The summed E-state index contributed by atoms with van der Waals surface area (Å²) in [7, 11) is 0. The fourth-order valence-corrected chi connectivity index (χ4v) is 6.47. The molecule has 0 fully saturated rings. The minimum absolute atomic E-state index is 0.129. The molecule has 0 spiro atoms. The lowest BCUT2D eigenvalue weighted by Crippen LogP contribution is -2.30. The van der Waals surface area contributed by atoms with Crippen molar-refractivity contribution in [2.24, 2.45) is 0 Å². The van der Waals surface area contributed by atoms with Crippen LogP contribution in [0, 0.1) is 0 Å². The molecule has 6 heteroatoms. The molecule has 1 atom stereocenters. The summed E-state index contributed by atoms with van der Waals surface area (Å²) >= 11 is 0. The van der Waals surface area contributed by atoms with Crippen molar-refractivity contribution in [3.63, 3.8) is 0 Å². The highest BCUT2D eigenvalue weighted by Crippen LogP contribution is 2.12. The SMILES string of the molecule is CC\C=C/C=C\C=C/C=C\CCCCCCCC(=O)OCC(COC(=O)CCCCCCC\C=C/C=C\C=C/C=C\C=C/CCC)OC(=O)CCC/C=C\C/C=C\C/C=C\C/C=C\CCCCC. The van der Waals surface area contributed by atoms with Crippen LogP contribution in [0.25, 0.3) is 0 Å². The Bertz CT molecular complexity index is 1590. The van der Waals surface area contributed by atoms with Crippen LogP contribution in [0.2, 0.25) is 0 Å². The standard InChI is InChI=1S/C62H94O6/c1-4-7-10-13-16-19-22-25-28-30-32-34-37-40-43-46-49-52-55-61(64)67-58-59(57-66-60(63)54-51-48-45-42-39-36-33-27-24-21-18-15-12-9-6-3)68-62(65)56-53-50-47-44-41-38-35-31-29-26-23-20-17-14-11-8-5-2/h9-10,12-13,15-22,24-30,32-35,38,44,47,59H,4-8,11,14,23,31,36-37,39-43,45-46,48-58H2,1-3H3/b12-9-,13-10-,18-15-,19-16-,20-17-,24-21-,25-22-,29-26-,30-28-,33-27-,34-32-,38-35-,47-44-. The molecule has 0 aromatic heterocycles. The quantitative estimate of drug-likeness (QED) is 0.0199. The molecule has 0 saturated carbocycles. The van der Waals surface area contributed by atoms with Crippen molar-refractivity contribution in [2.45, 2.75) is 200 Å². The molecule has 0 N–H and O–H groups in total. The molecule has 0 heterocycles. The van der Waals surface area contributed by atoms with Crippen LogP contribution in [0.3, 0.4) is 0 Å². The van der Waals surface area contributed by atoms with Gasteiger partial charge in [-0.3, -0.25) is 14.4 Å². The average Bonchev–Trinajstić information content (AvgIpc) is 3.34. The molecular weight excluding hydrogens is 841 g/mol. The van der Waals surface area contributed by atoms with Crippen LogP contribution in [-0.4, -0.2) is 37.2 Å². The Morgan fingerprint density at radius 3 is 1.13 bits per heavy atom. The van der Waals surface area contributed by atoms with E-state index >= 15 is 0 Å². The smallest absolute Gasteiger partial charge is 0.306 e. The Labute approximate surface area is 416 Å². The van der Waals surface area contributed by atoms with Gasteiger partial charge >= 0.3 is 17.9 Å². The zero-order chi connectivity index (χ0) is 49.3. The largest absolute Gasteiger partial charge is 0.462 e. The molecule has 378 valence electrons. The predicted molar refractivity (Wildman–Crippen MR) is 292 cm³/mol. The molecule has 0 aliphatic heterocycles. The Morgan fingerprint density at radius 2 is 0.676 bits per heavy atom. The van der Waals surface area contributed by atoms with Crippen molar-refractivity contribution < 1.29 is 28.6 Å². The van der Waals surface area contributed by atoms with Gasteiger partial charge in [0.25, 0.3) is 0 Å². The van der Waals surface area contributed by atoms with Gasteiger partial charge in [0.1, 0.15) is 13.2 Å². The van der Waals surface area contributed by atoms with Crippen molar-refractivity contribution in [1.29, 1.82) is 0 Å². The van der Waals surface area contributed by atoms with Gasteiger partial charge in [-0.1, -0.05) is 237 Å². The zero-order valence-electron chi connectivity index (χ0n) is 43.0. The first-order valence-electron chi connectivity index (χ1n) is 26.6. The first kappa shape index (κ1) is 63.0. The number of hydrogen-bond donors (Lipinski definition) is 0. The summed E-state index contributed by atoms with van der Waals surface area (Å²) < 4.78 is 16.7. The van der Waals surface area contributed by atoms with E-state index in [9.17, 15) is 14.4 Å². The Balaban J connectivity index is 4.62. The van der Waals surface area contributed by atoms with Crippen molar-refractivity contribution in [3.05, 3.63) is 158 Å². The van der Waals surface area contributed by atoms with E-state index in [2.05, 4.69) is 118 Å². The van der Waals surface area contributed by atoms with Crippen molar-refractivity contribution >= 4 is 17.9 Å². The number of ether oxygens (including phenoxy) is 3. The Kier molecular flexibility index (Phi) is 50.6. The second-order valence-electron chi connectivity index (χ2n) is 16.9. The van der Waals surface area contributed by atoms with Crippen LogP contribution in [-0.2, 0) is 28.6 Å². The van der Waals surface area contributed by atoms with E-state index in [0.29, 0.717) is 19.3 Å². The monoisotopic (exact) mass is 935 g/mol. The van der Waals surface area contributed by atoms with E-state index in [4.69, 9.17) is 14.2 Å². The van der Waals surface area contributed by atoms with Crippen LogP contribution in [0.1, 0.15) is 194 Å². The summed E-state index contributed by atoms with van der Waals surface area (Å²) in [6.07, 6.45) is 79.3. The molecule has 0 aromatic rings. The normalized spacial score (nSPS) is 13.4. The molecule has 0 aromatic carbocycles. The molecule has 0 rings (SSSR count). The predicted octanol–water partition coefficient (Wildman–Crippen LogP) is 17.8. The van der Waals surface area contributed by atoms with E-state index in [0.717, 1.165) is 116 Å². The third-order valence-electron chi connectivity index (χ3n) is 10.4. The van der Waals surface area contributed by atoms with Crippen molar-refractivity contribution in [3.8, 4) is 0 Å². The highest BCUT2D eigenvalue weighted by molar-refractivity contribution is 5.71. The number of esters is 3. The molecular formula is C62H94O6. The van der Waals surface area contributed by atoms with Gasteiger partial charge in [-0.15, -0.1) is 0 Å². The van der Waals surface area contributed by atoms with Gasteiger partial charge in [-0.05, 0) is 96.3 Å². The van der Waals surface area contributed by atoms with Crippen LogP contribution in [0.5, 0.6) is 0 Å². The molecule has 0 saturated heterocycles. The number of carbonyl (C=O) groups excluding carboxylic acids is 3. The zero-order valence-corrected chi connectivity index (χ0v) is 43.0. The van der Waals surface area contributed by atoms with Crippen molar-refractivity contribution in [1.82, 2.24) is 0 Å². The molecule has 0 aliphatic carbocycles. The van der Waals surface area contributed by atoms with Crippen LogP contribution >= 0.6 is 0 Å². The maximum atomic E-state index is 12.8. The van der Waals surface area contributed by atoms with Crippen molar-refractivity contribution in [2.75, 3.05) is 13.2 Å². The van der Waals surface area contributed by atoms with E-state index in [1.54, 1.807) is 0 Å². The number of unbranched alkanes of at least 4 members (excludes halogenated alkanes) is 15. The Hall–Kier alpha value is -4.97. The number of carbonyl (C=O) groups is 3. The second-order valence-corrected chi connectivity index (χ2v) is 16.9. The summed E-state index contributed by atoms with van der Waals surface area (Å²) in [6.45, 7) is 6.27. The lowest BCUT2D eigenvalue weighted by Gasteiger charge is -2.18. The van der Waals surface area contributed by atoms with Gasteiger partial charge in [0.05, 0.1) is 0 Å². The second kappa shape index (κ2) is 54.6. The summed E-state index contributed by atoms with van der Waals surface area (Å²) in [5.74, 6) is -1.04. The molecule has 6 nitrogen and oxygen atoms in total. The van der Waals surface area contributed by atoms with Gasteiger partial charge < -0.3 is 14.2 Å². The fraction of sp³-hybridized carbons (Fsp3) is 0.532. The first-order chi connectivity index (χ1) is 33.5. The molecule has 0 radical (unpaired) electrons. The maximum absolute atomic E-state index is 12.8. The lowest BCUT2D eigenvalue weighted by atomic mass is 10.1. The van der Waals surface area contributed by atoms with E-state index in [1.165, 1.54) is 32.1 Å². The Morgan fingerprint density at radius 1 is 0.324 bits per heavy atom. The topological polar surface area (TPSA) is 78.9 Å². The summed E-state index contributed by atoms with van der Waals surface area (Å²) in [5.41, 5.74) is 0. The number of hydrogen-bond acceptors (Lipinski definition) is 6. The third-order valence-corrected chi connectivity index (χ3v) is 10.4. The number of rotatable bonds is 45. The third kappa shape index (κ3) is 52.0. The van der Waals surface area contributed by atoms with Gasteiger partial charge in [0.15, 0.2) is 6.10 Å². The maximum Gasteiger partial charge on any atom is 0.306 e. The van der Waals surface area contributed by atoms with Crippen LogP contribution in [0.15, 0.2) is 158 Å². The van der Waals surface area contributed by atoms with E-state index < -0.39 is 6.10 Å². The average molecular weight is 935 g/mol. The fourth-order valence-electron chi connectivity index (χ4n) is 6.47. The minimum Gasteiger partial charge on any atom is -0.462 e. The lowest BCUT2D eigenvalue weighted by molar-refractivity contribution is -0.167. The van der Waals surface area contributed by atoms with Gasteiger partial charge in [-0.2, -0.15) is 0 Å².